The number of benzene rings is 1. The van der Waals surface area contributed by atoms with E-state index in [9.17, 15) is 0 Å². The molecule has 0 saturated carbocycles. The highest BCUT2D eigenvalue weighted by Crippen LogP contribution is 2.26. The van der Waals surface area contributed by atoms with Crippen molar-refractivity contribution in [3.63, 3.8) is 0 Å². The van der Waals surface area contributed by atoms with Gasteiger partial charge in [-0.25, -0.2) is 0 Å². The van der Waals surface area contributed by atoms with Crippen LogP contribution in [0.5, 0.6) is 0 Å². The molecule has 0 unspecified atom stereocenters. The first-order valence-electron chi connectivity index (χ1n) is 4.48. The lowest BCUT2D eigenvalue weighted by atomic mass is 10.3. The molecule has 1 heterocycles. The minimum absolute atomic E-state index is 0.658. The summed E-state index contributed by atoms with van der Waals surface area (Å²) in [6.07, 6.45) is 3.43. The Labute approximate surface area is 102 Å². The highest BCUT2D eigenvalue weighted by molar-refractivity contribution is 14.1. The van der Waals surface area contributed by atoms with Crippen molar-refractivity contribution >= 4 is 39.7 Å². The number of anilines is 3. The van der Waals surface area contributed by atoms with Crippen LogP contribution in [0.1, 0.15) is 0 Å². The van der Waals surface area contributed by atoms with Crippen LogP contribution in [-0.2, 0) is 0 Å². The van der Waals surface area contributed by atoms with E-state index in [1.807, 2.05) is 30.3 Å². The maximum Gasteiger partial charge on any atom is 0.0785 e. The van der Waals surface area contributed by atoms with Crippen LogP contribution in [0.2, 0.25) is 0 Å². The quantitative estimate of drug-likeness (QED) is 0.838. The maximum atomic E-state index is 5.84. The van der Waals surface area contributed by atoms with Gasteiger partial charge in [-0.05, 0) is 34.7 Å². The molecule has 3 nitrogen and oxygen atoms in total. The Hall–Kier alpha value is -1.30. The summed E-state index contributed by atoms with van der Waals surface area (Å²) in [5, 5.41) is 3.27. The van der Waals surface area contributed by atoms with Gasteiger partial charge in [-0.2, -0.15) is 0 Å². The van der Waals surface area contributed by atoms with Crippen LogP contribution in [0.15, 0.2) is 42.7 Å². The summed E-state index contributed by atoms with van der Waals surface area (Å²) >= 11 is 2.21. The third-order valence-corrected chi connectivity index (χ3v) is 2.79. The van der Waals surface area contributed by atoms with Gasteiger partial charge in [-0.3, -0.25) is 4.98 Å². The Morgan fingerprint density at radius 3 is 2.53 bits per heavy atom. The van der Waals surface area contributed by atoms with Crippen LogP contribution in [0.3, 0.4) is 0 Å². The molecule has 0 aliphatic heterocycles. The molecule has 15 heavy (non-hydrogen) atoms. The lowest BCUT2D eigenvalue weighted by Crippen LogP contribution is -1.99. The number of hydrogen-bond donors (Lipinski definition) is 2. The van der Waals surface area contributed by atoms with E-state index in [2.05, 4.69) is 32.9 Å². The van der Waals surface area contributed by atoms with Gasteiger partial charge in [0.15, 0.2) is 0 Å². The molecule has 0 radical (unpaired) electrons. The molecule has 0 fully saturated rings. The van der Waals surface area contributed by atoms with E-state index < -0.39 is 0 Å². The Balaban J connectivity index is 2.32. The molecule has 3 N–H and O–H groups in total. The zero-order valence-electron chi connectivity index (χ0n) is 7.94. The Kier molecular flexibility index (Phi) is 3.05. The summed E-state index contributed by atoms with van der Waals surface area (Å²) in [7, 11) is 0. The molecule has 4 heteroatoms. The number of para-hydroxylation sites is 1. The lowest BCUT2D eigenvalue weighted by Gasteiger charge is -2.10. The first kappa shape index (κ1) is 10.2. The maximum absolute atomic E-state index is 5.84. The summed E-state index contributed by atoms with van der Waals surface area (Å²) < 4.78 is 1.01. The van der Waals surface area contributed by atoms with Crippen LogP contribution in [0.25, 0.3) is 0 Å². The third-order valence-electron chi connectivity index (χ3n) is 1.97. The zero-order chi connectivity index (χ0) is 10.7. The van der Waals surface area contributed by atoms with Gasteiger partial charge in [0.1, 0.15) is 0 Å². The molecule has 2 aromatic rings. The molecular formula is C11H10IN3. The number of aromatic nitrogens is 1. The van der Waals surface area contributed by atoms with Crippen LogP contribution in [0.4, 0.5) is 17.1 Å². The van der Waals surface area contributed by atoms with Gasteiger partial charge < -0.3 is 11.1 Å². The van der Waals surface area contributed by atoms with Gasteiger partial charge in [0, 0.05) is 11.9 Å². The molecule has 0 atom stereocenters. The van der Waals surface area contributed by atoms with E-state index in [4.69, 9.17) is 5.73 Å². The molecule has 0 bridgehead atoms. The number of nitrogen functional groups attached to an aromatic ring is 1. The van der Waals surface area contributed by atoms with E-state index >= 15 is 0 Å². The molecule has 0 amide bonds. The van der Waals surface area contributed by atoms with E-state index in [0.717, 1.165) is 14.9 Å². The van der Waals surface area contributed by atoms with Crippen molar-refractivity contribution in [1.29, 1.82) is 0 Å². The van der Waals surface area contributed by atoms with E-state index in [1.165, 1.54) is 0 Å². The lowest BCUT2D eigenvalue weighted by molar-refractivity contribution is 1.31. The van der Waals surface area contributed by atoms with Crippen LogP contribution in [-0.4, -0.2) is 4.98 Å². The van der Waals surface area contributed by atoms with Crippen LogP contribution >= 0.6 is 22.6 Å². The van der Waals surface area contributed by atoms with Crippen molar-refractivity contribution in [2.45, 2.75) is 0 Å². The van der Waals surface area contributed by atoms with Gasteiger partial charge in [-0.1, -0.05) is 18.2 Å². The molecule has 0 spiro atoms. The largest absolute Gasteiger partial charge is 0.396 e. The number of hydrogen-bond acceptors (Lipinski definition) is 3. The predicted molar refractivity (Wildman–Crippen MR) is 71.1 cm³/mol. The topological polar surface area (TPSA) is 50.9 Å². The molecule has 76 valence electrons. The molecule has 1 aromatic carbocycles. The average Bonchev–Trinajstić information content (AvgIpc) is 2.25. The highest BCUT2D eigenvalue weighted by Gasteiger charge is 2.03. The first-order chi connectivity index (χ1) is 7.27. The average molecular weight is 311 g/mol. The van der Waals surface area contributed by atoms with Crippen molar-refractivity contribution in [3.8, 4) is 0 Å². The van der Waals surface area contributed by atoms with E-state index in [1.54, 1.807) is 12.4 Å². The first-order valence-corrected chi connectivity index (χ1v) is 5.56. The molecule has 2 rings (SSSR count). The smallest absolute Gasteiger partial charge is 0.0785 e. The zero-order valence-corrected chi connectivity index (χ0v) is 10.1. The monoisotopic (exact) mass is 311 g/mol. The van der Waals surface area contributed by atoms with Crippen molar-refractivity contribution in [3.05, 3.63) is 46.3 Å². The summed E-state index contributed by atoms with van der Waals surface area (Å²) in [5.74, 6) is 0. The SMILES string of the molecule is Nc1cncc(I)c1Nc1ccccc1. The van der Waals surface area contributed by atoms with Gasteiger partial charge in [-0.15, -0.1) is 0 Å². The summed E-state index contributed by atoms with van der Waals surface area (Å²) in [4.78, 5) is 4.01. The minimum atomic E-state index is 0.658. The standard InChI is InChI=1S/C11H10IN3/c12-9-6-14-7-10(13)11(9)15-8-4-2-1-3-5-8/h1-7H,13H2,(H,14,15). The van der Waals surface area contributed by atoms with Crippen LogP contribution in [0, 0.1) is 3.57 Å². The van der Waals surface area contributed by atoms with E-state index in [-0.39, 0.29) is 0 Å². The van der Waals surface area contributed by atoms with Crippen LogP contribution < -0.4 is 11.1 Å². The van der Waals surface area contributed by atoms with Gasteiger partial charge in [0.2, 0.25) is 0 Å². The molecule has 1 aromatic heterocycles. The summed E-state index contributed by atoms with van der Waals surface area (Å²) in [6, 6.07) is 9.93. The fourth-order valence-electron chi connectivity index (χ4n) is 1.25. The fraction of sp³-hybridized carbons (Fsp3) is 0. The second-order valence-electron chi connectivity index (χ2n) is 3.08. The number of nitrogens with two attached hydrogens (primary N) is 1. The number of pyridine rings is 1. The van der Waals surface area contributed by atoms with Crippen molar-refractivity contribution in [2.24, 2.45) is 0 Å². The second-order valence-corrected chi connectivity index (χ2v) is 4.24. The summed E-state index contributed by atoms with van der Waals surface area (Å²) in [6.45, 7) is 0. The Bertz CT molecular complexity index is 436. The second kappa shape index (κ2) is 4.48. The number of rotatable bonds is 2. The Morgan fingerprint density at radius 1 is 1.13 bits per heavy atom. The third kappa shape index (κ3) is 2.38. The highest BCUT2D eigenvalue weighted by atomic mass is 127. The van der Waals surface area contributed by atoms with Crippen molar-refractivity contribution in [2.75, 3.05) is 11.1 Å². The molecule has 0 aliphatic carbocycles. The number of nitrogens with one attached hydrogen (secondary N) is 1. The van der Waals surface area contributed by atoms with Gasteiger partial charge in [0.05, 0.1) is 21.1 Å². The minimum Gasteiger partial charge on any atom is -0.396 e. The molecule has 0 aliphatic rings. The summed E-state index contributed by atoms with van der Waals surface area (Å²) in [5.41, 5.74) is 8.43. The van der Waals surface area contributed by atoms with Gasteiger partial charge in [0.25, 0.3) is 0 Å². The van der Waals surface area contributed by atoms with Crippen molar-refractivity contribution in [1.82, 2.24) is 4.98 Å². The fourth-order valence-corrected chi connectivity index (χ4v) is 1.85. The van der Waals surface area contributed by atoms with Gasteiger partial charge >= 0.3 is 0 Å². The Morgan fingerprint density at radius 2 is 1.87 bits per heavy atom. The normalized spacial score (nSPS) is 9.93. The van der Waals surface area contributed by atoms with Crippen molar-refractivity contribution < 1.29 is 0 Å². The molecular weight excluding hydrogens is 301 g/mol. The predicted octanol–water partition coefficient (Wildman–Crippen LogP) is 3.01. The van der Waals surface area contributed by atoms with E-state index in [0.29, 0.717) is 5.69 Å². The molecule has 0 saturated heterocycles. The number of nitrogens with zero attached hydrogens (tertiary/aromatic N) is 1. The number of halogens is 1.